The summed E-state index contributed by atoms with van der Waals surface area (Å²) in [4.78, 5) is 25.4. The molecule has 3 aromatic rings. The van der Waals surface area contributed by atoms with Crippen LogP contribution in [0.3, 0.4) is 0 Å². The Morgan fingerprint density at radius 2 is 1.91 bits per heavy atom. The Hall–Kier alpha value is -3.30. The third-order valence-electron chi connectivity index (χ3n) is 5.42. The minimum Gasteiger partial charge on any atom is -0.463 e. The maximum Gasteiger partial charge on any atom is 0.338 e. The number of esters is 1. The Labute approximate surface area is 206 Å². The lowest BCUT2D eigenvalue weighted by molar-refractivity contribution is -0.139. The van der Waals surface area contributed by atoms with E-state index in [0.29, 0.717) is 27.2 Å². The summed E-state index contributed by atoms with van der Waals surface area (Å²) in [6.45, 7) is 3.98. The van der Waals surface area contributed by atoms with E-state index >= 15 is 0 Å². The molecule has 0 fully saturated rings. The van der Waals surface area contributed by atoms with Crippen molar-refractivity contribution in [1.29, 1.82) is 0 Å². The van der Waals surface area contributed by atoms with Crippen LogP contribution >= 0.6 is 23.4 Å². The van der Waals surface area contributed by atoms with Crippen LogP contribution in [0.2, 0.25) is 5.02 Å². The molecule has 0 radical (unpaired) electrons. The lowest BCUT2D eigenvalue weighted by atomic mass is 9.95. The van der Waals surface area contributed by atoms with E-state index in [0.717, 1.165) is 22.5 Å². The molecule has 0 bridgehead atoms. The number of aryl methyl sites for hydroxylation is 1. The van der Waals surface area contributed by atoms with Crippen molar-refractivity contribution in [3.63, 3.8) is 0 Å². The van der Waals surface area contributed by atoms with Crippen LogP contribution in [-0.4, -0.2) is 39.1 Å². The van der Waals surface area contributed by atoms with Crippen molar-refractivity contribution in [2.24, 2.45) is 7.05 Å². The van der Waals surface area contributed by atoms with Crippen molar-refractivity contribution >= 4 is 35.4 Å². The molecule has 1 atom stereocenters. The highest BCUT2D eigenvalue weighted by Crippen LogP contribution is 2.32. The number of hydrogen-bond donors (Lipinski definition) is 2. The summed E-state index contributed by atoms with van der Waals surface area (Å²) in [6.07, 6.45) is 0. The molecule has 8 nitrogen and oxygen atoms in total. The molecule has 10 heteroatoms. The van der Waals surface area contributed by atoms with Crippen LogP contribution in [0.4, 0.5) is 4.79 Å². The first-order chi connectivity index (χ1) is 16.4. The predicted molar refractivity (Wildman–Crippen MR) is 131 cm³/mol. The normalized spacial score (nSPS) is 15.6. The van der Waals surface area contributed by atoms with Crippen LogP contribution in [0.1, 0.15) is 24.1 Å². The van der Waals surface area contributed by atoms with Crippen molar-refractivity contribution in [3.8, 4) is 11.4 Å². The van der Waals surface area contributed by atoms with Gasteiger partial charge in [0.1, 0.15) is 0 Å². The number of ether oxygens (including phenoxy) is 1. The third kappa shape index (κ3) is 4.95. The Bertz CT molecular complexity index is 1260. The van der Waals surface area contributed by atoms with Gasteiger partial charge in [-0.2, -0.15) is 0 Å². The second kappa shape index (κ2) is 10.3. The van der Waals surface area contributed by atoms with Gasteiger partial charge in [0.2, 0.25) is 0 Å². The number of aromatic nitrogens is 3. The summed E-state index contributed by atoms with van der Waals surface area (Å²) in [5, 5.41) is 15.5. The molecule has 0 spiro atoms. The monoisotopic (exact) mass is 497 g/mol. The van der Waals surface area contributed by atoms with Gasteiger partial charge in [-0.3, -0.25) is 0 Å². The van der Waals surface area contributed by atoms with E-state index < -0.39 is 18.0 Å². The molecular weight excluding hydrogens is 474 g/mol. The van der Waals surface area contributed by atoms with E-state index in [4.69, 9.17) is 16.3 Å². The zero-order valence-electron chi connectivity index (χ0n) is 19.0. The lowest BCUT2D eigenvalue weighted by Crippen LogP contribution is -2.46. The number of benzene rings is 2. The van der Waals surface area contributed by atoms with Crippen molar-refractivity contribution in [2.45, 2.75) is 25.0 Å². The number of hydrogen-bond acceptors (Lipinski definition) is 6. The lowest BCUT2D eigenvalue weighted by Gasteiger charge is -2.29. The molecule has 1 aliphatic rings. The van der Waals surface area contributed by atoms with Gasteiger partial charge in [0.05, 0.1) is 18.2 Å². The minimum atomic E-state index is -0.664. The molecule has 1 unspecified atom stereocenters. The minimum absolute atomic E-state index is 0.215. The summed E-state index contributed by atoms with van der Waals surface area (Å²) < 4.78 is 7.22. The molecule has 34 heavy (non-hydrogen) atoms. The third-order valence-corrected chi connectivity index (χ3v) is 6.72. The summed E-state index contributed by atoms with van der Waals surface area (Å²) in [6, 6.07) is 13.9. The van der Waals surface area contributed by atoms with Crippen LogP contribution in [0.25, 0.3) is 11.4 Å². The molecule has 0 saturated heterocycles. The van der Waals surface area contributed by atoms with Gasteiger partial charge in [0.25, 0.3) is 0 Å². The first-order valence-electron chi connectivity index (χ1n) is 10.7. The van der Waals surface area contributed by atoms with E-state index in [9.17, 15) is 9.59 Å². The quantitative estimate of drug-likeness (QED) is 0.370. The van der Waals surface area contributed by atoms with Crippen molar-refractivity contribution < 1.29 is 14.3 Å². The molecule has 176 valence electrons. The standard InChI is InChI=1S/C24H24ClN5O3S/c1-4-33-22(31)19-18(26-23(32)27-20(19)15-9-11-16(25)12-10-15)13-34-24-29-28-21(30(24)3)17-8-6-5-7-14(17)2/h5-12,20H,4,13H2,1-3H3,(H2,26,27,32). The molecular formula is C24H24ClN5O3S. The fourth-order valence-corrected chi connectivity index (χ4v) is 4.73. The zero-order chi connectivity index (χ0) is 24.2. The van der Waals surface area contributed by atoms with E-state index in [1.807, 2.05) is 42.8 Å². The van der Waals surface area contributed by atoms with Crippen LogP contribution in [0.15, 0.2) is 65.0 Å². The molecule has 1 aromatic heterocycles. The Balaban J connectivity index is 1.66. The van der Waals surface area contributed by atoms with Crippen LogP contribution in [0, 0.1) is 6.92 Å². The summed E-state index contributed by atoms with van der Waals surface area (Å²) in [5.41, 5.74) is 3.63. The molecule has 4 rings (SSSR count). The topological polar surface area (TPSA) is 98.1 Å². The molecule has 0 saturated carbocycles. The molecule has 2 N–H and O–H groups in total. The molecule has 2 heterocycles. The van der Waals surface area contributed by atoms with Crippen molar-refractivity contribution in [3.05, 3.63) is 76.0 Å². The largest absolute Gasteiger partial charge is 0.463 e. The fourth-order valence-electron chi connectivity index (χ4n) is 3.72. The van der Waals surface area contributed by atoms with Gasteiger partial charge >= 0.3 is 12.0 Å². The highest BCUT2D eigenvalue weighted by molar-refractivity contribution is 7.99. The number of amides is 2. The first kappa shape index (κ1) is 23.8. The average Bonchev–Trinajstić information content (AvgIpc) is 3.18. The van der Waals surface area contributed by atoms with Gasteiger partial charge in [-0.05, 0) is 37.1 Å². The molecule has 2 aromatic carbocycles. The number of urea groups is 1. The number of nitrogens with zero attached hydrogens (tertiary/aromatic N) is 3. The van der Waals surface area contributed by atoms with E-state index in [-0.39, 0.29) is 6.61 Å². The van der Waals surface area contributed by atoms with E-state index in [2.05, 4.69) is 20.8 Å². The van der Waals surface area contributed by atoms with Gasteiger partial charge in [0, 0.05) is 29.1 Å². The van der Waals surface area contributed by atoms with Gasteiger partial charge in [0.15, 0.2) is 11.0 Å². The summed E-state index contributed by atoms with van der Waals surface area (Å²) >= 11 is 7.40. The Morgan fingerprint density at radius 3 is 2.62 bits per heavy atom. The van der Waals surface area contributed by atoms with Gasteiger partial charge in [-0.15, -0.1) is 10.2 Å². The second-order valence-electron chi connectivity index (χ2n) is 7.66. The predicted octanol–water partition coefficient (Wildman–Crippen LogP) is 4.41. The second-order valence-corrected chi connectivity index (χ2v) is 9.04. The Morgan fingerprint density at radius 1 is 1.18 bits per heavy atom. The maximum absolute atomic E-state index is 12.9. The molecule has 0 aliphatic carbocycles. The first-order valence-corrected chi connectivity index (χ1v) is 12.1. The number of nitrogens with one attached hydrogen (secondary N) is 2. The number of carbonyl (C=O) groups excluding carboxylic acids is 2. The fraction of sp³-hybridized carbons (Fsp3) is 0.250. The van der Waals surface area contributed by atoms with E-state index in [1.165, 1.54) is 11.8 Å². The van der Waals surface area contributed by atoms with Gasteiger partial charge < -0.3 is 19.9 Å². The number of rotatable bonds is 7. The van der Waals surface area contributed by atoms with Gasteiger partial charge in [-0.1, -0.05) is 59.8 Å². The van der Waals surface area contributed by atoms with Crippen LogP contribution in [-0.2, 0) is 16.6 Å². The highest BCUT2D eigenvalue weighted by atomic mass is 35.5. The van der Waals surface area contributed by atoms with Crippen LogP contribution < -0.4 is 10.6 Å². The molecule has 2 amide bonds. The van der Waals surface area contributed by atoms with Gasteiger partial charge in [-0.25, -0.2) is 9.59 Å². The van der Waals surface area contributed by atoms with Crippen molar-refractivity contribution in [1.82, 2.24) is 25.4 Å². The number of thioether (sulfide) groups is 1. The average molecular weight is 498 g/mol. The number of halogens is 1. The molecule has 1 aliphatic heterocycles. The van der Waals surface area contributed by atoms with Crippen LogP contribution in [0.5, 0.6) is 0 Å². The number of carbonyl (C=O) groups is 2. The zero-order valence-corrected chi connectivity index (χ0v) is 20.5. The maximum atomic E-state index is 12.9. The smallest absolute Gasteiger partial charge is 0.338 e. The summed E-state index contributed by atoms with van der Waals surface area (Å²) in [5.74, 6) is 0.545. The Kier molecular flexibility index (Phi) is 7.23. The SMILES string of the molecule is CCOC(=O)C1=C(CSc2nnc(-c3ccccc3C)n2C)NC(=O)NC1c1ccc(Cl)cc1. The highest BCUT2D eigenvalue weighted by Gasteiger charge is 2.34. The summed E-state index contributed by atoms with van der Waals surface area (Å²) in [7, 11) is 1.89. The van der Waals surface area contributed by atoms with Crippen molar-refractivity contribution in [2.75, 3.05) is 12.4 Å². The van der Waals surface area contributed by atoms with E-state index in [1.54, 1.807) is 31.2 Å².